The topological polar surface area (TPSA) is 116 Å². The van der Waals surface area contributed by atoms with E-state index in [2.05, 4.69) is 10.3 Å². The molecule has 3 rings (SSSR count). The molecule has 154 valence electrons. The second-order valence-corrected chi connectivity index (χ2v) is 6.88. The summed E-state index contributed by atoms with van der Waals surface area (Å²) in [5, 5.41) is 11.9. The molecule has 0 bridgehead atoms. The number of pyridine rings is 1. The molecule has 1 aromatic carbocycles. The Kier molecular flexibility index (Phi) is 6.27. The Bertz CT molecular complexity index is 1030. The average Bonchev–Trinajstić information content (AvgIpc) is 2.96. The first-order chi connectivity index (χ1) is 14.4. The van der Waals surface area contributed by atoms with Crippen molar-refractivity contribution in [1.29, 1.82) is 5.26 Å². The number of hydrogen-bond donors (Lipinski definition) is 1. The van der Waals surface area contributed by atoms with Crippen LogP contribution in [0.5, 0.6) is 11.6 Å². The summed E-state index contributed by atoms with van der Waals surface area (Å²) in [6.45, 7) is 2.11. The fourth-order valence-electron chi connectivity index (χ4n) is 3.01. The van der Waals surface area contributed by atoms with Crippen LogP contribution in [-0.4, -0.2) is 52.8 Å². The Morgan fingerprint density at radius 2 is 2.13 bits per heavy atom. The molecule has 1 fully saturated rings. The molecule has 2 aromatic rings. The lowest BCUT2D eigenvalue weighted by atomic mass is 10.1. The van der Waals surface area contributed by atoms with Gasteiger partial charge in [-0.1, -0.05) is 0 Å². The number of carbonyl (C=O) groups is 3. The molecule has 0 aliphatic carbocycles. The van der Waals surface area contributed by atoms with Gasteiger partial charge in [0.25, 0.3) is 0 Å². The van der Waals surface area contributed by atoms with Crippen molar-refractivity contribution in [2.45, 2.75) is 19.8 Å². The maximum absolute atomic E-state index is 12.2. The number of hydrogen-bond acceptors (Lipinski definition) is 6. The molecule has 9 heteroatoms. The van der Waals surface area contributed by atoms with Gasteiger partial charge in [0, 0.05) is 31.9 Å². The van der Waals surface area contributed by atoms with E-state index in [-0.39, 0.29) is 43.2 Å². The molecule has 1 aliphatic rings. The number of ether oxygens (including phenoxy) is 1. The Balaban J connectivity index is 1.54. The van der Waals surface area contributed by atoms with Gasteiger partial charge >= 0.3 is 6.03 Å². The number of benzene rings is 1. The van der Waals surface area contributed by atoms with Crippen molar-refractivity contribution in [3.05, 3.63) is 47.7 Å². The van der Waals surface area contributed by atoms with E-state index in [0.717, 1.165) is 10.5 Å². The summed E-state index contributed by atoms with van der Waals surface area (Å²) in [6, 6.07) is 10.1. The summed E-state index contributed by atoms with van der Waals surface area (Å²) in [5.41, 5.74) is 1.73. The highest BCUT2D eigenvalue weighted by molar-refractivity contribution is 6.01. The molecule has 0 spiro atoms. The van der Waals surface area contributed by atoms with Crippen molar-refractivity contribution in [1.82, 2.24) is 14.8 Å². The zero-order valence-corrected chi connectivity index (χ0v) is 16.7. The van der Waals surface area contributed by atoms with E-state index in [4.69, 9.17) is 10.00 Å². The van der Waals surface area contributed by atoms with Crippen LogP contribution in [0.25, 0.3) is 0 Å². The number of carbonyl (C=O) groups excluding carboxylic acids is 3. The first kappa shape index (κ1) is 20.8. The summed E-state index contributed by atoms with van der Waals surface area (Å²) >= 11 is 0. The van der Waals surface area contributed by atoms with Gasteiger partial charge in [-0.15, -0.1) is 0 Å². The quantitative estimate of drug-likeness (QED) is 0.706. The number of imide groups is 1. The summed E-state index contributed by atoms with van der Waals surface area (Å²) in [6.07, 6.45) is 2.10. The molecular weight excluding hydrogens is 386 g/mol. The van der Waals surface area contributed by atoms with Crippen molar-refractivity contribution in [2.24, 2.45) is 0 Å². The summed E-state index contributed by atoms with van der Waals surface area (Å²) in [5.74, 6) is 0.251. The molecule has 2 heterocycles. The molecule has 9 nitrogen and oxygen atoms in total. The van der Waals surface area contributed by atoms with Crippen LogP contribution in [0, 0.1) is 18.3 Å². The maximum Gasteiger partial charge on any atom is 0.326 e. The lowest BCUT2D eigenvalue weighted by Gasteiger charge is -2.14. The molecule has 4 amide bonds. The van der Waals surface area contributed by atoms with E-state index in [1.54, 1.807) is 43.6 Å². The van der Waals surface area contributed by atoms with Gasteiger partial charge < -0.3 is 15.0 Å². The minimum absolute atomic E-state index is 0.0764. The number of urea groups is 1. The van der Waals surface area contributed by atoms with Gasteiger partial charge in [-0.2, -0.15) is 5.26 Å². The number of nitrogens with zero attached hydrogens (tertiary/aromatic N) is 4. The molecule has 30 heavy (non-hydrogen) atoms. The van der Waals surface area contributed by atoms with Crippen molar-refractivity contribution >= 4 is 23.5 Å². The molecule has 1 aromatic heterocycles. The van der Waals surface area contributed by atoms with Gasteiger partial charge in [0.05, 0.1) is 0 Å². The zero-order valence-electron chi connectivity index (χ0n) is 16.7. The molecule has 0 radical (unpaired) electrons. The van der Waals surface area contributed by atoms with Crippen molar-refractivity contribution in [2.75, 3.05) is 25.5 Å². The van der Waals surface area contributed by atoms with Crippen LogP contribution in [0.3, 0.4) is 0 Å². The van der Waals surface area contributed by atoms with E-state index < -0.39 is 0 Å². The normalized spacial score (nSPS) is 13.4. The number of nitrogens with one attached hydrogen (secondary N) is 1. The number of aromatic nitrogens is 1. The standard InChI is InChI=1S/C21H21N5O4/c1-14-11-16(30-20-15(12-22)5-3-9-23-20)7-8-17(14)24-18(27)6-4-10-26-19(28)13-25(2)21(26)29/h3,5,7-9,11H,4,6,10,13H2,1-2H3,(H,24,27). The average molecular weight is 407 g/mol. The Labute approximate surface area is 173 Å². The summed E-state index contributed by atoms with van der Waals surface area (Å²) < 4.78 is 5.67. The summed E-state index contributed by atoms with van der Waals surface area (Å²) in [4.78, 5) is 42.4. The van der Waals surface area contributed by atoms with E-state index in [1.165, 1.54) is 4.90 Å². The third kappa shape index (κ3) is 4.72. The number of nitriles is 1. The van der Waals surface area contributed by atoms with Crippen LogP contribution in [0.15, 0.2) is 36.5 Å². The van der Waals surface area contributed by atoms with E-state index in [9.17, 15) is 14.4 Å². The lowest BCUT2D eigenvalue weighted by molar-refractivity contribution is -0.125. The Morgan fingerprint density at radius 3 is 2.80 bits per heavy atom. The molecular formula is C21H21N5O4. The van der Waals surface area contributed by atoms with Crippen LogP contribution < -0.4 is 10.1 Å². The van der Waals surface area contributed by atoms with Crippen LogP contribution >= 0.6 is 0 Å². The SMILES string of the molecule is Cc1cc(Oc2ncccc2C#N)ccc1NC(=O)CCCN1C(=O)CN(C)C1=O. The minimum Gasteiger partial charge on any atom is -0.438 e. The zero-order chi connectivity index (χ0) is 21.7. The largest absolute Gasteiger partial charge is 0.438 e. The van der Waals surface area contributed by atoms with Crippen LogP contribution in [-0.2, 0) is 9.59 Å². The predicted octanol–water partition coefficient (Wildman–Crippen LogP) is 2.67. The number of aryl methyl sites for hydroxylation is 1. The molecule has 0 atom stereocenters. The van der Waals surface area contributed by atoms with Gasteiger partial charge in [0.1, 0.15) is 23.9 Å². The molecule has 1 aliphatic heterocycles. The van der Waals surface area contributed by atoms with Gasteiger partial charge in [-0.25, -0.2) is 9.78 Å². The molecule has 1 N–H and O–H groups in total. The maximum atomic E-state index is 12.2. The smallest absolute Gasteiger partial charge is 0.326 e. The Hall–Kier alpha value is -3.93. The lowest BCUT2D eigenvalue weighted by Crippen LogP contribution is -2.32. The minimum atomic E-state index is -0.334. The Morgan fingerprint density at radius 1 is 1.33 bits per heavy atom. The highest BCUT2D eigenvalue weighted by Gasteiger charge is 2.32. The molecule has 0 saturated carbocycles. The van der Waals surface area contributed by atoms with Crippen molar-refractivity contribution in [3.63, 3.8) is 0 Å². The predicted molar refractivity (Wildman–Crippen MR) is 108 cm³/mol. The van der Waals surface area contributed by atoms with Gasteiger partial charge in [-0.3, -0.25) is 14.5 Å². The monoisotopic (exact) mass is 407 g/mol. The fraction of sp³-hybridized carbons (Fsp3) is 0.286. The second-order valence-electron chi connectivity index (χ2n) is 6.88. The first-order valence-corrected chi connectivity index (χ1v) is 9.38. The van der Waals surface area contributed by atoms with Crippen molar-refractivity contribution < 1.29 is 19.1 Å². The highest BCUT2D eigenvalue weighted by Crippen LogP contribution is 2.26. The highest BCUT2D eigenvalue weighted by atomic mass is 16.5. The number of likely N-dealkylation sites (N-methyl/N-ethyl adjacent to an activating group) is 1. The third-order valence-corrected chi connectivity index (χ3v) is 4.59. The van der Waals surface area contributed by atoms with E-state index in [0.29, 0.717) is 23.4 Å². The fourth-order valence-corrected chi connectivity index (χ4v) is 3.01. The van der Waals surface area contributed by atoms with E-state index in [1.807, 2.05) is 13.0 Å². The van der Waals surface area contributed by atoms with Gasteiger partial charge in [-0.05, 0) is 49.2 Å². The van der Waals surface area contributed by atoms with Crippen LogP contribution in [0.4, 0.5) is 10.5 Å². The number of anilines is 1. The van der Waals surface area contributed by atoms with Gasteiger partial charge in [0.15, 0.2) is 0 Å². The van der Waals surface area contributed by atoms with Crippen molar-refractivity contribution in [3.8, 4) is 17.7 Å². The van der Waals surface area contributed by atoms with Gasteiger partial charge in [0.2, 0.25) is 17.7 Å². The first-order valence-electron chi connectivity index (χ1n) is 9.38. The third-order valence-electron chi connectivity index (χ3n) is 4.59. The second kappa shape index (κ2) is 9.05. The van der Waals surface area contributed by atoms with Crippen LogP contribution in [0.1, 0.15) is 24.0 Å². The summed E-state index contributed by atoms with van der Waals surface area (Å²) in [7, 11) is 1.57. The number of amides is 4. The number of rotatable bonds is 7. The molecule has 0 unspecified atom stereocenters. The molecule has 1 saturated heterocycles. The van der Waals surface area contributed by atoms with E-state index >= 15 is 0 Å². The van der Waals surface area contributed by atoms with Crippen LogP contribution in [0.2, 0.25) is 0 Å².